The predicted molar refractivity (Wildman–Crippen MR) is 91.1 cm³/mol. The molecule has 0 aliphatic carbocycles. The van der Waals surface area contributed by atoms with Crippen molar-refractivity contribution in [1.29, 1.82) is 0 Å². The third kappa shape index (κ3) is 3.15. The molecule has 4 nitrogen and oxygen atoms in total. The van der Waals surface area contributed by atoms with Crippen molar-refractivity contribution in [3.8, 4) is 0 Å². The van der Waals surface area contributed by atoms with Gasteiger partial charge in [-0.15, -0.1) is 0 Å². The van der Waals surface area contributed by atoms with Crippen LogP contribution in [-0.2, 0) is 0 Å². The Morgan fingerprint density at radius 3 is 1.68 bits per heavy atom. The van der Waals surface area contributed by atoms with Crippen LogP contribution in [0, 0.1) is 6.92 Å². The van der Waals surface area contributed by atoms with Gasteiger partial charge in [-0.05, 0) is 6.92 Å². The summed E-state index contributed by atoms with van der Waals surface area (Å²) in [5.41, 5.74) is -1.32. The standard InChI is InChI=1S/C19H16F2N2O2/c1-13-12-16(24)23(18(21)15-10-6-3-7-11-15)19(25)22(13)17(20)14-8-4-2-5-9-14/h2-12,17-18H,1H3. The van der Waals surface area contributed by atoms with Crippen LogP contribution in [0.3, 0.4) is 0 Å². The molecule has 0 amide bonds. The predicted octanol–water partition coefficient (Wildman–Crippen LogP) is 3.35. The maximum absolute atomic E-state index is 14.9. The lowest BCUT2D eigenvalue weighted by molar-refractivity contribution is 0.239. The molecular formula is C19H16F2N2O2. The maximum atomic E-state index is 14.9. The fourth-order valence-corrected chi connectivity index (χ4v) is 2.69. The van der Waals surface area contributed by atoms with Gasteiger partial charge >= 0.3 is 5.69 Å². The van der Waals surface area contributed by atoms with Gasteiger partial charge in [0.15, 0.2) is 0 Å². The lowest BCUT2D eigenvalue weighted by atomic mass is 10.2. The Kier molecular flexibility index (Phi) is 4.61. The van der Waals surface area contributed by atoms with Crippen molar-refractivity contribution >= 4 is 0 Å². The Morgan fingerprint density at radius 2 is 1.20 bits per heavy atom. The Labute approximate surface area is 142 Å². The minimum atomic E-state index is -1.99. The van der Waals surface area contributed by atoms with E-state index in [0.29, 0.717) is 4.57 Å². The first-order valence-electron chi connectivity index (χ1n) is 7.73. The van der Waals surface area contributed by atoms with Crippen LogP contribution in [0.2, 0.25) is 0 Å². The summed E-state index contributed by atoms with van der Waals surface area (Å²) < 4.78 is 30.9. The summed E-state index contributed by atoms with van der Waals surface area (Å²) in [4.78, 5) is 24.9. The van der Waals surface area contributed by atoms with Gasteiger partial charge in [0.05, 0.1) is 0 Å². The van der Waals surface area contributed by atoms with Crippen molar-refractivity contribution in [1.82, 2.24) is 9.13 Å². The van der Waals surface area contributed by atoms with Crippen molar-refractivity contribution in [3.63, 3.8) is 0 Å². The molecule has 2 unspecified atom stereocenters. The topological polar surface area (TPSA) is 44.0 Å². The molecule has 0 saturated heterocycles. The third-order valence-corrected chi connectivity index (χ3v) is 3.96. The highest BCUT2D eigenvalue weighted by atomic mass is 19.1. The van der Waals surface area contributed by atoms with Crippen molar-refractivity contribution in [2.75, 3.05) is 0 Å². The Morgan fingerprint density at radius 1 is 0.760 bits per heavy atom. The van der Waals surface area contributed by atoms with Gasteiger partial charge in [-0.3, -0.25) is 9.36 Å². The van der Waals surface area contributed by atoms with Crippen LogP contribution in [0.4, 0.5) is 8.78 Å². The molecule has 25 heavy (non-hydrogen) atoms. The number of alkyl halides is 2. The second kappa shape index (κ2) is 6.84. The van der Waals surface area contributed by atoms with E-state index in [1.165, 1.54) is 31.2 Å². The summed E-state index contributed by atoms with van der Waals surface area (Å²) in [6.07, 6.45) is -3.81. The number of aryl methyl sites for hydroxylation is 1. The van der Waals surface area contributed by atoms with E-state index in [-0.39, 0.29) is 16.8 Å². The van der Waals surface area contributed by atoms with Crippen molar-refractivity contribution in [3.05, 3.63) is 104 Å². The van der Waals surface area contributed by atoms with Crippen LogP contribution < -0.4 is 11.2 Å². The van der Waals surface area contributed by atoms with Gasteiger partial charge in [-0.1, -0.05) is 60.7 Å². The molecule has 6 heteroatoms. The molecule has 1 aromatic heterocycles. The first-order chi connectivity index (χ1) is 12.0. The molecule has 0 aliphatic heterocycles. The summed E-state index contributed by atoms with van der Waals surface area (Å²) in [7, 11) is 0. The minimum absolute atomic E-state index is 0.128. The van der Waals surface area contributed by atoms with Crippen LogP contribution in [0.1, 0.15) is 29.4 Å². The summed E-state index contributed by atoms with van der Waals surface area (Å²) in [6.45, 7) is 1.44. The van der Waals surface area contributed by atoms with E-state index in [9.17, 15) is 18.4 Å². The summed E-state index contributed by atoms with van der Waals surface area (Å²) in [5, 5.41) is 0. The molecule has 3 aromatic rings. The molecular weight excluding hydrogens is 326 g/mol. The molecule has 3 rings (SSSR count). The quantitative estimate of drug-likeness (QED) is 0.730. The summed E-state index contributed by atoms with van der Waals surface area (Å²) in [6, 6.07) is 16.9. The average Bonchev–Trinajstić information content (AvgIpc) is 2.62. The van der Waals surface area contributed by atoms with E-state index in [1.54, 1.807) is 36.4 Å². The largest absolute Gasteiger partial charge is 0.336 e. The number of hydrogen-bond donors (Lipinski definition) is 0. The van der Waals surface area contributed by atoms with Gasteiger partial charge in [0.2, 0.25) is 12.6 Å². The van der Waals surface area contributed by atoms with Gasteiger partial charge in [-0.2, -0.15) is 0 Å². The average molecular weight is 342 g/mol. The minimum Gasteiger partial charge on any atom is -0.269 e. The molecule has 0 fully saturated rings. The number of aromatic nitrogens is 2. The molecule has 0 spiro atoms. The Balaban J connectivity index is 2.16. The molecule has 128 valence electrons. The molecule has 1 heterocycles. The second-order valence-corrected chi connectivity index (χ2v) is 5.64. The van der Waals surface area contributed by atoms with Gasteiger partial charge in [0.1, 0.15) is 0 Å². The number of benzene rings is 2. The third-order valence-electron chi connectivity index (χ3n) is 3.96. The van der Waals surface area contributed by atoms with E-state index in [2.05, 4.69) is 0 Å². The van der Waals surface area contributed by atoms with Crippen LogP contribution in [0.15, 0.2) is 76.3 Å². The maximum Gasteiger partial charge on any atom is 0.336 e. The van der Waals surface area contributed by atoms with Crippen LogP contribution in [0.5, 0.6) is 0 Å². The van der Waals surface area contributed by atoms with E-state index < -0.39 is 23.8 Å². The monoisotopic (exact) mass is 342 g/mol. The molecule has 0 N–H and O–H groups in total. The lowest BCUT2D eigenvalue weighted by Crippen LogP contribution is -2.43. The Hall–Kier alpha value is -3.02. The first-order valence-corrected chi connectivity index (χ1v) is 7.73. The van der Waals surface area contributed by atoms with Crippen molar-refractivity contribution < 1.29 is 8.78 Å². The highest BCUT2D eigenvalue weighted by Gasteiger charge is 2.23. The molecule has 0 radical (unpaired) electrons. The molecule has 0 bridgehead atoms. The van der Waals surface area contributed by atoms with Gasteiger partial charge < -0.3 is 0 Å². The van der Waals surface area contributed by atoms with Crippen LogP contribution in [0.25, 0.3) is 0 Å². The van der Waals surface area contributed by atoms with Gasteiger partial charge in [0.25, 0.3) is 5.56 Å². The molecule has 2 aromatic carbocycles. The molecule has 0 saturated carbocycles. The van der Waals surface area contributed by atoms with Gasteiger partial charge in [-0.25, -0.2) is 18.1 Å². The highest BCUT2D eigenvalue weighted by Crippen LogP contribution is 2.20. The molecule has 0 aliphatic rings. The first kappa shape index (κ1) is 16.8. The zero-order valence-electron chi connectivity index (χ0n) is 13.5. The fraction of sp³-hybridized carbons (Fsp3) is 0.158. The van der Waals surface area contributed by atoms with Crippen LogP contribution in [-0.4, -0.2) is 9.13 Å². The summed E-state index contributed by atoms with van der Waals surface area (Å²) in [5.74, 6) is 0. The van der Waals surface area contributed by atoms with E-state index in [4.69, 9.17) is 0 Å². The number of rotatable bonds is 4. The zero-order valence-corrected chi connectivity index (χ0v) is 13.5. The van der Waals surface area contributed by atoms with Crippen molar-refractivity contribution in [2.24, 2.45) is 0 Å². The SMILES string of the molecule is Cc1cc(=O)n(C(F)c2ccccc2)c(=O)n1C(F)c1ccccc1. The number of hydrogen-bond acceptors (Lipinski definition) is 2. The summed E-state index contributed by atoms with van der Waals surface area (Å²) >= 11 is 0. The zero-order chi connectivity index (χ0) is 18.0. The number of nitrogens with zero attached hydrogens (tertiary/aromatic N) is 2. The van der Waals surface area contributed by atoms with Gasteiger partial charge in [0, 0.05) is 22.9 Å². The Bertz CT molecular complexity index is 982. The second-order valence-electron chi connectivity index (χ2n) is 5.64. The smallest absolute Gasteiger partial charge is 0.269 e. The van der Waals surface area contributed by atoms with E-state index in [1.807, 2.05) is 0 Å². The fourth-order valence-electron chi connectivity index (χ4n) is 2.69. The van der Waals surface area contributed by atoms with E-state index >= 15 is 0 Å². The highest BCUT2D eigenvalue weighted by molar-refractivity contribution is 5.21. The van der Waals surface area contributed by atoms with Crippen LogP contribution >= 0.6 is 0 Å². The lowest BCUT2D eigenvalue weighted by Gasteiger charge is -2.19. The van der Waals surface area contributed by atoms with E-state index in [0.717, 1.165) is 10.6 Å². The number of halogens is 2. The molecule has 2 atom stereocenters. The van der Waals surface area contributed by atoms with Crippen molar-refractivity contribution in [2.45, 2.75) is 19.5 Å². The normalized spacial score (nSPS) is 13.4.